The molecule has 0 radical (unpaired) electrons. The van der Waals surface area contributed by atoms with Crippen molar-refractivity contribution >= 4 is 6.09 Å². The van der Waals surface area contributed by atoms with Gasteiger partial charge in [-0.3, -0.25) is 0 Å². The summed E-state index contributed by atoms with van der Waals surface area (Å²) in [6.07, 6.45) is 9.43. The Labute approximate surface area is 124 Å². The summed E-state index contributed by atoms with van der Waals surface area (Å²) in [5.74, 6) is 0. The number of hydrogen-bond acceptors (Lipinski definition) is 2. The number of rotatable bonds is 6. The molecular weight excluding hydrogens is 250 g/mol. The summed E-state index contributed by atoms with van der Waals surface area (Å²) < 4.78 is 5.60. The second-order valence-electron chi connectivity index (χ2n) is 6.78. The van der Waals surface area contributed by atoms with E-state index in [-0.39, 0.29) is 6.09 Å². The molecule has 1 fully saturated rings. The van der Waals surface area contributed by atoms with E-state index in [0.29, 0.717) is 12.1 Å². The zero-order valence-corrected chi connectivity index (χ0v) is 13.7. The number of unbranched alkanes of at least 4 members (excludes halogenated alkanes) is 1. The van der Waals surface area contributed by atoms with Crippen molar-refractivity contribution in [3.05, 3.63) is 12.7 Å². The fourth-order valence-corrected chi connectivity index (χ4v) is 2.89. The van der Waals surface area contributed by atoms with Crippen molar-refractivity contribution in [1.29, 1.82) is 0 Å². The third kappa shape index (κ3) is 5.18. The summed E-state index contributed by atoms with van der Waals surface area (Å²) in [4.78, 5) is 14.5. The Balaban J connectivity index is 2.72. The van der Waals surface area contributed by atoms with Crippen LogP contribution < -0.4 is 0 Å². The molecule has 2 atom stereocenters. The van der Waals surface area contributed by atoms with E-state index in [1.807, 2.05) is 31.7 Å². The molecule has 0 bridgehead atoms. The molecule has 0 saturated carbocycles. The molecule has 0 spiro atoms. The van der Waals surface area contributed by atoms with Gasteiger partial charge in [-0.15, -0.1) is 6.58 Å². The molecule has 1 amide bonds. The van der Waals surface area contributed by atoms with E-state index in [9.17, 15) is 4.79 Å². The first kappa shape index (κ1) is 17.1. The summed E-state index contributed by atoms with van der Waals surface area (Å²) in [6, 6.07) is 0.685. The number of carbonyl (C=O) groups is 1. The van der Waals surface area contributed by atoms with Gasteiger partial charge in [0.2, 0.25) is 0 Å². The Kier molecular flexibility index (Phi) is 6.57. The van der Waals surface area contributed by atoms with E-state index >= 15 is 0 Å². The van der Waals surface area contributed by atoms with Gasteiger partial charge in [-0.05, 0) is 52.9 Å². The minimum atomic E-state index is -0.419. The molecule has 3 heteroatoms. The molecule has 0 N–H and O–H groups in total. The second kappa shape index (κ2) is 7.70. The molecule has 116 valence electrons. The van der Waals surface area contributed by atoms with Crippen molar-refractivity contribution in [2.45, 2.75) is 90.3 Å². The molecule has 1 aliphatic rings. The SMILES string of the molecule is C=CCC[C@H]1CC[C@@H](CCCC)N1C(=O)OC(C)(C)C. The third-order valence-electron chi connectivity index (χ3n) is 3.82. The lowest BCUT2D eigenvalue weighted by molar-refractivity contribution is 0.0131. The van der Waals surface area contributed by atoms with Gasteiger partial charge in [0.25, 0.3) is 0 Å². The number of allylic oxidation sites excluding steroid dienone is 1. The van der Waals surface area contributed by atoms with Gasteiger partial charge in [-0.2, -0.15) is 0 Å². The maximum absolute atomic E-state index is 12.5. The highest BCUT2D eigenvalue weighted by molar-refractivity contribution is 5.69. The molecule has 0 unspecified atom stereocenters. The molecule has 0 aliphatic carbocycles. The Hall–Kier alpha value is -0.990. The zero-order chi connectivity index (χ0) is 15.2. The predicted molar refractivity (Wildman–Crippen MR) is 83.8 cm³/mol. The molecule has 20 heavy (non-hydrogen) atoms. The van der Waals surface area contributed by atoms with Crippen molar-refractivity contribution in [3.63, 3.8) is 0 Å². The van der Waals surface area contributed by atoms with E-state index in [1.54, 1.807) is 0 Å². The van der Waals surface area contributed by atoms with Crippen LogP contribution in [0.3, 0.4) is 0 Å². The average Bonchev–Trinajstić information content (AvgIpc) is 2.74. The van der Waals surface area contributed by atoms with Crippen molar-refractivity contribution in [2.24, 2.45) is 0 Å². The Bertz CT molecular complexity index is 319. The molecule has 0 aromatic carbocycles. The van der Waals surface area contributed by atoms with E-state index in [2.05, 4.69) is 13.5 Å². The fourth-order valence-electron chi connectivity index (χ4n) is 2.89. The zero-order valence-electron chi connectivity index (χ0n) is 13.7. The van der Waals surface area contributed by atoms with Crippen LogP contribution in [-0.4, -0.2) is 28.7 Å². The molecule has 0 aromatic rings. The van der Waals surface area contributed by atoms with E-state index in [0.717, 1.165) is 32.1 Å². The van der Waals surface area contributed by atoms with Gasteiger partial charge in [0.05, 0.1) is 0 Å². The normalized spacial score (nSPS) is 22.9. The van der Waals surface area contributed by atoms with Crippen molar-refractivity contribution < 1.29 is 9.53 Å². The predicted octanol–water partition coefficient (Wildman–Crippen LogP) is 4.91. The number of ether oxygens (including phenoxy) is 1. The minimum Gasteiger partial charge on any atom is -0.444 e. The molecule has 1 rings (SSSR count). The maximum atomic E-state index is 12.5. The van der Waals surface area contributed by atoms with Crippen LogP contribution in [0.25, 0.3) is 0 Å². The summed E-state index contributed by atoms with van der Waals surface area (Å²) in [7, 11) is 0. The summed E-state index contributed by atoms with van der Waals surface area (Å²) in [5, 5.41) is 0. The van der Waals surface area contributed by atoms with Crippen molar-refractivity contribution in [1.82, 2.24) is 4.90 Å². The molecule has 3 nitrogen and oxygen atoms in total. The summed E-state index contributed by atoms with van der Waals surface area (Å²) >= 11 is 0. The van der Waals surface area contributed by atoms with Crippen LogP contribution in [0.5, 0.6) is 0 Å². The van der Waals surface area contributed by atoms with Crippen LogP contribution in [0.4, 0.5) is 4.79 Å². The quantitative estimate of drug-likeness (QED) is 0.647. The first-order valence-corrected chi connectivity index (χ1v) is 8.01. The highest BCUT2D eigenvalue weighted by atomic mass is 16.6. The van der Waals surface area contributed by atoms with Crippen LogP contribution in [-0.2, 0) is 4.74 Å². The van der Waals surface area contributed by atoms with Crippen LogP contribution >= 0.6 is 0 Å². The smallest absolute Gasteiger partial charge is 0.410 e. The third-order valence-corrected chi connectivity index (χ3v) is 3.82. The number of hydrogen-bond donors (Lipinski definition) is 0. The lowest BCUT2D eigenvalue weighted by Crippen LogP contribution is -2.44. The largest absolute Gasteiger partial charge is 0.444 e. The van der Waals surface area contributed by atoms with Crippen LogP contribution in [0.15, 0.2) is 12.7 Å². The highest BCUT2D eigenvalue weighted by Gasteiger charge is 2.38. The van der Waals surface area contributed by atoms with Crippen LogP contribution in [0.2, 0.25) is 0 Å². The number of amides is 1. The van der Waals surface area contributed by atoms with Gasteiger partial charge in [0.1, 0.15) is 5.60 Å². The molecule has 1 heterocycles. The molecular formula is C17H31NO2. The van der Waals surface area contributed by atoms with Crippen molar-refractivity contribution in [3.8, 4) is 0 Å². The first-order chi connectivity index (χ1) is 9.39. The van der Waals surface area contributed by atoms with Gasteiger partial charge < -0.3 is 9.64 Å². The second-order valence-corrected chi connectivity index (χ2v) is 6.78. The van der Waals surface area contributed by atoms with Crippen LogP contribution in [0, 0.1) is 0 Å². The van der Waals surface area contributed by atoms with Gasteiger partial charge >= 0.3 is 6.09 Å². The maximum Gasteiger partial charge on any atom is 0.410 e. The Morgan fingerprint density at radius 1 is 1.30 bits per heavy atom. The van der Waals surface area contributed by atoms with Gasteiger partial charge in [-0.1, -0.05) is 25.8 Å². The number of likely N-dealkylation sites (tertiary alicyclic amines) is 1. The van der Waals surface area contributed by atoms with E-state index < -0.39 is 5.60 Å². The molecule has 1 saturated heterocycles. The first-order valence-electron chi connectivity index (χ1n) is 8.01. The summed E-state index contributed by atoms with van der Waals surface area (Å²) in [6.45, 7) is 11.8. The topological polar surface area (TPSA) is 29.5 Å². The monoisotopic (exact) mass is 281 g/mol. The van der Waals surface area contributed by atoms with Gasteiger partial charge in [0, 0.05) is 12.1 Å². The number of carbonyl (C=O) groups excluding carboxylic acids is 1. The van der Waals surface area contributed by atoms with Crippen molar-refractivity contribution in [2.75, 3.05) is 0 Å². The standard InChI is InChI=1S/C17H31NO2/c1-6-8-10-14-12-13-15(11-9-7-2)18(14)16(19)20-17(3,4)5/h6,14-15H,1,7-13H2,2-5H3/t14-,15+/m0/s1. The lowest BCUT2D eigenvalue weighted by atomic mass is 10.1. The lowest BCUT2D eigenvalue weighted by Gasteiger charge is -2.32. The fraction of sp³-hybridized carbons (Fsp3) is 0.824. The van der Waals surface area contributed by atoms with Gasteiger partial charge in [-0.25, -0.2) is 4.79 Å². The Morgan fingerprint density at radius 2 is 1.90 bits per heavy atom. The average molecular weight is 281 g/mol. The molecule has 0 aromatic heterocycles. The summed E-state index contributed by atoms with van der Waals surface area (Å²) in [5.41, 5.74) is -0.419. The molecule has 1 aliphatic heterocycles. The highest BCUT2D eigenvalue weighted by Crippen LogP contribution is 2.31. The number of nitrogens with zero attached hydrogens (tertiary/aromatic N) is 1. The van der Waals surface area contributed by atoms with Gasteiger partial charge in [0.15, 0.2) is 0 Å². The Morgan fingerprint density at radius 3 is 2.40 bits per heavy atom. The minimum absolute atomic E-state index is 0.134. The van der Waals surface area contributed by atoms with E-state index in [1.165, 1.54) is 12.8 Å². The van der Waals surface area contributed by atoms with Crippen LogP contribution in [0.1, 0.15) is 72.6 Å². The van der Waals surface area contributed by atoms with E-state index in [4.69, 9.17) is 4.74 Å².